The smallest absolute Gasteiger partial charge is 0.277 e. The molecular weight excluding hydrogens is 262 g/mol. The SMILES string of the molecule is O=C(CSc1nnc(C2CC2)o1)Nc1ccccc1. The first-order chi connectivity index (χ1) is 9.31. The summed E-state index contributed by atoms with van der Waals surface area (Å²) in [6.45, 7) is 0. The standard InChI is InChI=1S/C13H13N3O2S/c17-11(14-10-4-2-1-3-5-10)8-19-13-16-15-12(18-13)9-6-7-9/h1-5,9H,6-8H2,(H,14,17). The number of anilines is 1. The van der Waals surface area contributed by atoms with E-state index in [1.54, 1.807) is 0 Å². The van der Waals surface area contributed by atoms with E-state index in [2.05, 4.69) is 15.5 Å². The molecule has 0 aliphatic heterocycles. The van der Waals surface area contributed by atoms with Crippen LogP contribution in [0.25, 0.3) is 0 Å². The van der Waals surface area contributed by atoms with Crippen molar-refractivity contribution >= 4 is 23.4 Å². The molecule has 0 unspecified atom stereocenters. The van der Waals surface area contributed by atoms with Crippen molar-refractivity contribution in [3.8, 4) is 0 Å². The van der Waals surface area contributed by atoms with Crippen molar-refractivity contribution < 1.29 is 9.21 Å². The second-order valence-electron chi connectivity index (χ2n) is 4.38. The van der Waals surface area contributed by atoms with E-state index < -0.39 is 0 Å². The molecule has 1 N–H and O–H groups in total. The van der Waals surface area contributed by atoms with Crippen LogP contribution in [0, 0.1) is 0 Å². The Hall–Kier alpha value is -1.82. The van der Waals surface area contributed by atoms with Gasteiger partial charge in [0, 0.05) is 11.6 Å². The molecule has 0 saturated heterocycles. The summed E-state index contributed by atoms with van der Waals surface area (Å²) in [5.74, 6) is 1.33. The van der Waals surface area contributed by atoms with Gasteiger partial charge in [0.05, 0.1) is 5.75 Å². The van der Waals surface area contributed by atoms with Crippen LogP contribution in [0.4, 0.5) is 5.69 Å². The maximum absolute atomic E-state index is 11.7. The van der Waals surface area contributed by atoms with Gasteiger partial charge in [-0.15, -0.1) is 10.2 Å². The van der Waals surface area contributed by atoms with Gasteiger partial charge < -0.3 is 9.73 Å². The molecule has 1 aromatic carbocycles. The summed E-state index contributed by atoms with van der Waals surface area (Å²) in [6.07, 6.45) is 2.25. The van der Waals surface area contributed by atoms with Gasteiger partial charge in [-0.3, -0.25) is 4.79 Å². The van der Waals surface area contributed by atoms with Crippen LogP contribution in [-0.4, -0.2) is 21.9 Å². The van der Waals surface area contributed by atoms with E-state index in [0.717, 1.165) is 18.5 Å². The fraction of sp³-hybridized carbons (Fsp3) is 0.308. The molecular formula is C13H13N3O2S. The number of para-hydroxylation sites is 1. The van der Waals surface area contributed by atoms with Crippen molar-refractivity contribution in [3.63, 3.8) is 0 Å². The van der Waals surface area contributed by atoms with Crippen LogP contribution in [0.2, 0.25) is 0 Å². The summed E-state index contributed by atoms with van der Waals surface area (Å²) in [5, 5.41) is 11.2. The topological polar surface area (TPSA) is 68.0 Å². The first kappa shape index (κ1) is 12.2. The zero-order valence-electron chi connectivity index (χ0n) is 10.2. The number of hydrogen-bond donors (Lipinski definition) is 1. The molecule has 6 heteroatoms. The first-order valence-corrected chi connectivity index (χ1v) is 7.11. The van der Waals surface area contributed by atoms with E-state index in [4.69, 9.17) is 4.42 Å². The van der Waals surface area contributed by atoms with Gasteiger partial charge in [-0.25, -0.2) is 0 Å². The summed E-state index contributed by atoms with van der Waals surface area (Å²) in [7, 11) is 0. The molecule has 98 valence electrons. The van der Waals surface area contributed by atoms with E-state index in [-0.39, 0.29) is 11.7 Å². The zero-order valence-corrected chi connectivity index (χ0v) is 11.0. The number of nitrogens with zero attached hydrogens (tertiary/aromatic N) is 2. The van der Waals surface area contributed by atoms with Gasteiger partial charge in [0.25, 0.3) is 5.22 Å². The number of nitrogens with one attached hydrogen (secondary N) is 1. The maximum atomic E-state index is 11.7. The van der Waals surface area contributed by atoms with Crippen LogP contribution in [0.5, 0.6) is 0 Å². The molecule has 2 aromatic rings. The molecule has 1 aliphatic rings. The highest BCUT2D eigenvalue weighted by Gasteiger charge is 2.29. The van der Waals surface area contributed by atoms with Crippen LogP contribution < -0.4 is 5.32 Å². The van der Waals surface area contributed by atoms with Crippen molar-refractivity contribution in [2.24, 2.45) is 0 Å². The Morgan fingerprint density at radius 3 is 2.84 bits per heavy atom. The number of thioether (sulfide) groups is 1. The average molecular weight is 275 g/mol. The lowest BCUT2D eigenvalue weighted by Crippen LogP contribution is -2.13. The number of carbonyl (C=O) groups excluding carboxylic acids is 1. The van der Waals surface area contributed by atoms with Gasteiger partial charge in [0.1, 0.15) is 0 Å². The summed E-state index contributed by atoms with van der Waals surface area (Å²) >= 11 is 1.26. The predicted octanol–water partition coefficient (Wildman–Crippen LogP) is 2.68. The Bertz CT molecular complexity index is 566. The predicted molar refractivity (Wildman–Crippen MR) is 72.1 cm³/mol. The van der Waals surface area contributed by atoms with Crippen molar-refractivity contribution in [1.82, 2.24) is 10.2 Å². The van der Waals surface area contributed by atoms with Gasteiger partial charge >= 0.3 is 0 Å². The second-order valence-corrected chi connectivity index (χ2v) is 5.31. The van der Waals surface area contributed by atoms with Gasteiger partial charge in [0.2, 0.25) is 11.8 Å². The fourth-order valence-electron chi connectivity index (χ4n) is 1.62. The monoisotopic (exact) mass is 275 g/mol. The van der Waals surface area contributed by atoms with E-state index in [1.165, 1.54) is 11.8 Å². The summed E-state index contributed by atoms with van der Waals surface area (Å²) in [4.78, 5) is 11.7. The zero-order chi connectivity index (χ0) is 13.1. The molecule has 1 aromatic heterocycles. The third-order valence-electron chi connectivity index (χ3n) is 2.73. The van der Waals surface area contributed by atoms with Gasteiger partial charge in [-0.05, 0) is 25.0 Å². The van der Waals surface area contributed by atoms with Crippen molar-refractivity contribution in [3.05, 3.63) is 36.2 Å². The molecule has 19 heavy (non-hydrogen) atoms. The van der Waals surface area contributed by atoms with E-state index in [0.29, 0.717) is 17.0 Å². The fourth-order valence-corrected chi connectivity index (χ4v) is 2.19. The minimum Gasteiger partial charge on any atom is -0.416 e. The third-order valence-corrected chi connectivity index (χ3v) is 3.55. The molecule has 0 bridgehead atoms. The van der Waals surface area contributed by atoms with Crippen molar-refractivity contribution in [2.45, 2.75) is 24.0 Å². The van der Waals surface area contributed by atoms with Crippen LogP contribution in [0.1, 0.15) is 24.7 Å². The number of hydrogen-bond acceptors (Lipinski definition) is 5. The van der Waals surface area contributed by atoms with E-state index >= 15 is 0 Å². The molecule has 1 fully saturated rings. The Morgan fingerprint density at radius 2 is 2.11 bits per heavy atom. The number of aromatic nitrogens is 2. The molecule has 1 amide bonds. The van der Waals surface area contributed by atoms with Gasteiger partial charge in [-0.1, -0.05) is 30.0 Å². The molecule has 1 heterocycles. The molecule has 0 radical (unpaired) electrons. The quantitative estimate of drug-likeness (QED) is 0.850. The Labute approximate surface area is 114 Å². The molecule has 3 rings (SSSR count). The summed E-state index contributed by atoms with van der Waals surface area (Å²) < 4.78 is 5.47. The Morgan fingerprint density at radius 1 is 1.32 bits per heavy atom. The normalized spacial score (nSPS) is 14.3. The molecule has 1 saturated carbocycles. The highest BCUT2D eigenvalue weighted by atomic mass is 32.2. The maximum Gasteiger partial charge on any atom is 0.277 e. The minimum absolute atomic E-state index is 0.0811. The minimum atomic E-state index is -0.0811. The lowest BCUT2D eigenvalue weighted by molar-refractivity contribution is -0.113. The molecule has 0 atom stereocenters. The molecule has 0 spiro atoms. The Kier molecular flexibility index (Phi) is 3.50. The average Bonchev–Trinajstić information content (AvgIpc) is 3.17. The van der Waals surface area contributed by atoms with Crippen molar-refractivity contribution in [1.29, 1.82) is 0 Å². The summed E-state index contributed by atoms with van der Waals surface area (Å²) in [6, 6.07) is 9.36. The Balaban J connectivity index is 1.49. The highest BCUT2D eigenvalue weighted by Crippen LogP contribution is 2.39. The van der Waals surface area contributed by atoms with Gasteiger partial charge in [-0.2, -0.15) is 0 Å². The second kappa shape index (κ2) is 5.44. The molecule has 1 aliphatic carbocycles. The largest absolute Gasteiger partial charge is 0.416 e. The highest BCUT2D eigenvalue weighted by molar-refractivity contribution is 7.99. The van der Waals surface area contributed by atoms with Crippen LogP contribution >= 0.6 is 11.8 Å². The number of benzene rings is 1. The van der Waals surface area contributed by atoms with Crippen LogP contribution in [0.3, 0.4) is 0 Å². The number of amides is 1. The molecule has 5 nitrogen and oxygen atoms in total. The summed E-state index contributed by atoms with van der Waals surface area (Å²) in [5.41, 5.74) is 0.789. The van der Waals surface area contributed by atoms with Crippen LogP contribution in [-0.2, 0) is 4.79 Å². The van der Waals surface area contributed by atoms with Crippen LogP contribution in [0.15, 0.2) is 40.0 Å². The lowest BCUT2D eigenvalue weighted by atomic mass is 10.3. The third kappa shape index (κ3) is 3.35. The van der Waals surface area contributed by atoms with Crippen molar-refractivity contribution in [2.75, 3.05) is 11.1 Å². The van der Waals surface area contributed by atoms with Gasteiger partial charge in [0.15, 0.2) is 0 Å². The number of rotatable bonds is 5. The number of carbonyl (C=O) groups is 1. The van der Waals surface area contributed by atoms with E-state index in [1.807, 2.05) is 30.3 Å². The van der Waals surface area contributed by atoms with E-state index in [9.17, 15) is 4.79 Å². The first-order valence-electron chi connectivity index (χ1n) is 6.12. The lowest BCUT2D eigenvalue weighted by Gasteiger charge is -2.02.